The second kappa shape index (κ2) is 12.1. The fourth-order valence-electron chi connectivity index (χ4n) is 5.19. The molecule has 0 bridgehead atoms. The first kappa shape index (κ1) is 30.9. The molecule has 0 fully saturated rings. The maximum atomic E-state index is 13.2. The van der Waals surface area contributed by atoms with Gasteiger partial charge in [0.1, 0.15) is 11.5 Å². The molecule has 0 unspecified atom stereocenters. The molecule has 0 aliphatic heterocycles. The number of hydrogen-bond acceptors (Lipinski definition) is 4. The van der Waals surface area contributed by atoms with Gasteiger partial charge in [-0.15, -0.1) is 0 Å². The van der Waals surface area contributed by atoms with Crippen molar-refractivity contribution in [1.29, 1.82) is 0 Å². The largest absolute Gasteiger partial charge is 0.496 e. The zero-order valence-electron chi connectivity index (χ0n) is 24.7. The third-order valence-corrected chi connectivity index (χ3v) is 7.68. The van der Waals surface area contributed by atoms with Gasteiger partial charge in [-0.1, -0.05) is 54.1 Å². The van der Waals surface area contributed by atoms with Crippen molar-refractivity contribution < 1.29 is 32.2 Å². The SMILES string of the molecule is COc1cc(-c2cccc(C(C)(C)C(=O)O)c2)ccc1CN(Cc1ccc(C(F)(F)F)o1)Cc1c(C)cc(C)cc1C. The van der Waals surface area contributed by atoms with Gasteiger partial charge in [-0.25, -0.2) is 0 Å². The van der Waals surface area contributed by atoms with Crippen LogP contribution in [0.25, 0.3) is 11.1 Å². The summed E-state index contributed by atoms with van der Waals surface area (Å²) in [4.78, 5) is 13.8. The molecule has 0 saturated heterocycles. The number of ether oxygens (including phenoxy) is 1. The molecule has 3 aromatic carbocycles. The van der Waals surface area contributed by atoms with Crippen LogP contribution in [0.4, 0.5) is 13.2 Å². The van der Waals surface area contributed by atoms with Gasteiger partial charge < -0.3 is 14.3 Å². The van der Waals surface area contributed by atoms with Crippen molar-refractivity contribution in [3.63, 3.8) is 0 Å². The van der Waals surface area contributed by atoms with Crippen LogP contribution in [0, 0.1) is 20.8 Å². The Morgan fingerprint density at radius 3 is 2.14 bits per heavy atom. The number of carboxylic acids is 1. The zero-order chi connectivity index (χ0) is 30.8. The average molecular weight is 580 g/mol. The Hall–Kier alpha value is -4.04. The van der Waals surface area contributed by atoms with Crippen molar-refractivity contribution in [3.05, 3.63) is 112 Å². The summed E-state index contributed by atoms with van der Waals surface area (Å²) in [6.45, 7) is 10.5. The smallest absolute Gasteiger partial charge is 0.449 e. The maximum absolute atomic E-state index is 13.2. The minimum absolute atomic E-state index is 0.167. The number of hydrogen-bond donors (Lipinski definition) is 1. The van der Waals surface area contributed by atoms with Crippen LogP contribution in [0.15, 0.2) is 71.1 Å². The lowest BCUT2D eigenvalue weighted by Crippen LogP contribution is -2.28. The summed E-state index contributed by atoms with van der Waals surface area (Å²) in [7, 11) is 1.58. The standard InChI is InChI=1S/C34H36F3NO4/c1-21-14-22(2)29(23(3)15-21)20-38(19-28-12-13-31(42-28)34(35,36)37)18-26-11-10-25(17-30(26)41-6)24-8-7-9-27(16-24)33(4,5)32(39)40/h7-17H,18-20H2,1-6H3,(H,39,40). The highest BCUT2D eigenvalue weighted by molar-refractivity contribution is 5.81. The molecular formula is C34H36F3NO4. The van der Waals surface area contributed by atoms with E-state index in [0.29, 0.717) is 24.4 Å². The summed E-state index contributed by atoms with van der Waals surface area (Å²) >= 11 is 0. The van der Waals surface area contributed by atoms with Crippen molar-refractivity contribution in [3.8, 4) is 16.9 Å². The molecule has 0 saturated carbocycles. The van der Waals surface area contributed by atoms with Gasteiger partial charge in [0.25, 0.3) is 0 Å². The Bertz CT molecular complexity index is 1560. The molecule has 1 aromatic heterocycles. The number of halogens is 3. The molecule has 0 aliphatic rings. The van der Waals surface area contributed by atoms with Crippen LogP contribution in [0.2, 0.25) is 0 Å². The molecule has 5 nitrogen and oxygen atoms in total. The molecule has 4 rings (SSSR count). The van der Waals surface area contributed by atoms with Crippen molar-refractivity contribution >= 4 is 5.97 Å². The molecular weight excluding hydrogens is 543 g/mol. The van der Waals surface area contributed by atoms with E-state index in [0.717, 1.165) is 45.0 Å². The number of methoxy groups -OCH3 is 1. The highest BCUT2D eigenvalue weighted by atomic mass is 19.4. The van der Waals surface area contributed by atoms with Crippen LogP contribution in [-0.2, 0) is 36.0 Å². The number of aliphatic carboxylic acids is 1. The van der Waals surface area contributed by atoms with Gasteiger partial charge in [-0.3, -0.25) is 9.69 Å². The first-order valence-electron chi connectivity index (χ1n) is 13.6. The van der Waals surface area contributed by atoms with E-state index < -0.39 is 23.3 Å². The van der Waals surface area contributed by atoms with Gasteiger partial charge in [0.15, 0.2) is 0 Å². The molecule has 0 atom stereocenters. The first-order valence-corrected chi connectivity index (χ1v) is 13.6. The Morgan fingerprint density at radius 1 is 0.881 bits per heavy atom. The molecule has 0 radical (unpaired) electrons. The van der Waals surface area contributed by atoms with E-state index >= 15 is 0 Å². The van der Waals surface area contributed by atoms with E-state index in [1.807, 2.05) is 62.1 Å². The van der Waals surface area contributed by atoms with E-state index in [1.54, 1.807) is 27.0 Å². The monoisotopic (exact) mass is 579 g/mol. The Balaban J connectivity index is 1.68. The van der Waals surface area contributed by atoms with Crippen LogP contribution < -0.4 is 4.74 Å². The lowest BCUT2D eigenvalue weighted by molar-refractivity contribution is -0.153. The average Bonchev–Trinajstić information content (AvgIpc) is 3.40. The van der Waals surface area contributed by atoms with Crippen LogP contribution in [0.1, 0.15) is 58.7 Å². The molecule has 0 aliphatic carbocycles. The van der Waals surface area contributed by atoms with E-state index in [4.69, 9.17) is 9.15 Å². The summed E-state index contributed by atoms with van der Waals surface area (Å²) in [6.07, 6.45) is -4.55. The van der Waals surface area contributed by atoms with Crippen LogP contribution in [0.5, 0.6) is 5.75 Å². The number of alkyl halides is 3. The number of furan rings is 1. The molecule has 1 heterocycles. The van der Waals surface area contributed by atoms with Gasteiger partial charge in [-0.05, 0) is 86.2 Å². The maximum Gasteiger partial charge on any atom is 0.449 e. The minimum Gasteiger partial charge on any atom is -0.496 e. The highest BCUT2D eigenvalue weighted by Crippen LogP contribution is 2.34. The highest BCUT2D eigenvalue weighted by Gasteiger charge is 2.35. The quantitative estimate of drug-likeness (QED) is 0.204. The third kappa shape index (κ3) is 6.87. The molecule has 8 heteroatoms. The topological polar surface area (TPSA) is 62.9 Å². The predicted octanol–water partition coefficient (Wildman–Crippen LogP) is 8.46. The number of benzene rings is 3. The summed E-state index contributed by atoms with van der Waals surface area (Å²) in [5.74, 6) is -1.09. The van der Waals surface area contributed by atoms with E-state index in [-0.39, 0.29) is 12.3 Å². The molecule has 0 spiro atoms. The zero-order valence-corrected chi connectivity index (χ0v) is 24.7. The second-order valence-corrected chi connectivity index (χ2v) is 11.3. The number of rotatable bonds is 10. The molecule has 4 aromatic rings. The Morgan fingerprint density at radius 2 is 1.55 bits per heavy atom. The van der Waals surface area contributed by atoms with Crippen molar-refractivity contribution in [1.82, 2.24) is 4.90 Å². The molecule has 0 amide bonds. The summed E-state index contributed by atoms with van der Waals surface area (Å²) in [6, 6.07) is 19.7. The van der Waals surface area contributed by atoms with Gasteiger partial charge in [-0.2, -0.15) is 13.2 Å². The summed E-state index contributed by atoms with van der Waals surface area (Å²) < 4.78 is 50.6. The van der Waals surface area contributed by atoms with Crippen molar-refractivity contribution in [2.24, 2.45) is 0 Å². The lowest BCUT2D eigenvalue weighted by Gasteiger charge is -2.25. The second-order valence-electron chi connectivity index (χ2n) is 11.3. The number of aryl methyl sites for hydroxylation is 3. The molecule has 42 heavy (non-hydrogen) atoms. The molecule has 1 N–H and O–H groups in total. The first-order chi connectivity index (χ1) is 19.7. The predicted molar refractivity (Wildman–Crippen MR) is 156 cm³/mol. The van der Waals surface area contributed by atoms with Gasteiger partial charge >= 0.3 is 12.1 Å². The van der Waals surface area contributed by atoms with E-state index in [2.05, 4.69) is 12.1 Å². The lowest BCUT2D eigenvalue weighted by atomic mass is 9.83. The number of carboxylic acid groups (broad SMARTS) is 1. The van der Waals surface area contributed by atoms with Gasteiger partial charge in [0.2, 0.25) is 5.76 Å². The number of carbonyl (C=O) groups is 1. The normalized spacial score (nSPS) is 12.1. The Kier molecular flexibility index (Phi) is 8.87. The minimum atomic E-state index is -4.55. The van der Waals surface area contributed by atoms with Crippen LogP contribution >= 0.6 is 0 Å². The summed E-state index contributed by atoms with van der Waals surface area (Å²) in [5, 5.41) is 9.67. The van der Waals surface area contributed by atoms with Gasteiger partial charge in [0.05, 0.1) is 19.1 Å². The fraction of sp³-hybridized carbons (Fsp3) is 0.324. The third-order valence-electron chi connectivity index (χ3n) is 7.68. The number of nitrogens with zero attached hydrogens (tertiary/aromatic N) is 1. The van der Waals surface area contributed by atoms with Gasteiger partial charge in [0, 0.05) is 18.7 Å². The van der Waals surface area contributed by atoms with Crippen molar-refractivity contribution in [2.75, 3.05) is 7.11 Å². The molecule has 222 valence electrons. The van der Waals surface area contributed by atoms with E-state index in [9.17, 15) is 23.1 Å². The van der Waals surface area contributed by atoms with Crippen LogP contribution in [-0.4, -0.2) is 23.1 Å². The summed E-state index contributed by atoms with van der Waals surface area (Å²) in [5.41, 5.74) is 6.67. The Labute approximate surface area is 244 Å². The van der Waals surface area contributed by atoms with Crippen LogP contribution in [0.3, 0.4) is 0 Å². The van der Waals surface area contributed by atoms with Crippen molar-refractivity contribution in [2.45, 2.75) is 65.8 Å². The fourth-order valence-corrected chi connectivity index (χ4v) is 5.19. The van der Waals surface area contributed by atoms with E-state index in [1.165, 1.54) is 6.07 Å².